The van der Waals surface area contributed by atoms with Crippen molar-refractivity contribution in [1.82, 2.24) is 25.3 Å². The number of nitrogens with one attached hydrogen (secondary N) is 2. The Morgan fingerprint density at radius 1 is 1.09 bits per heavy atom. The fourth-order valence-corrected chi connectivity index (χ4v) is 3.57. The molecular weight excluding hydrogens is 407 g/mol. The zero-order valence-corrected chi connectivity index (χ0v) is 18.1. The highest BCUT2D eigenvalue weighted by Gasteiger charge is 2.18. The number of hydrogen-bond acceptors (Lipinski definition) is 6. The summed E-state index contributed by atoms with van der Waals surface area (Å²) in [5, 5.41) is 6.10. The van der Waals surface area contributed by atoms with Gasteiger partial charge >= 0.3 is 0 Å². The van der Waals surface area contributed by atoms with Crippen molar-refractivity contribution in [3.63, 3.8) is 0 Å². The number of carbonyl (C=O) groups is 1. The topological polar surface area (TPSA) is 92.7 Å². The van der Waals surface area contributed by atoms with Crippen LogP contribution in [0.4, 0.5) is 10.2 Å². The molecule has 1 aromatic carbocycles. The van der Waals surface area contributed by atoms with Gasteiger partial charge in [0.2, 0.25) is 0 Å². The van der Waals surface area contributed by atoms with Crippen molar-refractivity contribution in [1.29, 1.82) is 0 Å². The third-order valence-electron chi connectivity index (χ3n) is 5.34. The normalized spacial score (nSPS) is 11.9. The van der Waals surface area contributed by atoms with E-state index in [0.29, 0.717) is 17.9 Å². The van der Waals surface area contributed by atoms with Gasteiger partial charge in [-0.15, -0.1) is 0 Å². The van der Waals surface area contributed by atoms with Crippen molar-refractivity contribution < 1.29 is 9.18 Å². The summed E-state index contributed by atoms with van der Waals surface area (Å²) in [5.41, 5.74) is 4.21. The Morgan fingerprint density at radius 2 is 1.94 bits per heavy atom. The van der Waals surface area contributed by atoms with Crippen LogP contribution >= 0.6 is 0 Å². The fraction of sp³-hybridized carbons (Fsp3) is 0.208. The highest BCUT2D eigenvalue weighted by atomic mass is 19.1. The Kier molecular flexibility index (Phi) is 6.02. The second-order valence-electron chi connectivity index (χ2n) is 7.56. The number of nitrogens with zero attached hydrogens (tertiary/aromatic N) is 4. The van der Waals surface area contributed by atoms with Crippen LogP contribution in [0.25, 0.3) is 22.2 Å². The van der Waals surface area contributed by atoms with Gasteiger partial charge in [0.05, 0.1) is 16.8 Å². The molecule has 0 saturated carbocycles. The maximum Gasteiger partial charge on any atom is 0.251 e. The average Bonchev–Trinajstić information content (AvgIpc) is 2.82. The molecule has 3 heterocycles. The largest absolute Gasteiger partial charge is 0.369 e. The number of amides is 1. The number of aromatic nitrogens is 4. The lowest BCUT2D eigenvalue weighted by atomic mass is 9.95. The molecule has 4 rings (SSSR count). The summed E-state index contributed by atoms with van der Waals surface area (Å²) < 4.78 is 14.6. The lowest BCUT2D eigenvalue weighted by Gasteiger charge is -2.17. The van der Waals surface area contributed by atoms with Crippen molar-refractivity contribution >= 4 is 22.6 Å². The monoisotopic (exact) mass is 430 g/mol. The van der Waals surface area contributed by atoms with Gasteiger partial charge in [0, 0.05) is 54.6 Å². The second kappa shape index (κ2) is 9.05. The Labute approximate surface area is 185 Å². The third kappa shape index (κ3) is 4.25. The van der Waals surface area contributed by atoms with E-state index in [-0.39, 0.29) is 22.8 Å². The van der Waals surface area contributed by atoms with Crippen LogP contribution in [-0.2, 0) is 0 Å². The molecule has 3 aromatic heterocycles. The highest BCUT2D eigenvalue weighted by Crippen LogP contribution is 2.29. The van der Waals surface area contributed by atoms with E-state index in [1.54, 1.807) is 12.3 Å². The molecule has 0 saturated heterocycles. The van der Waals surface area contributed by atoms with Gasteiger partial charge in [-0.25, -0.2) is 14.4 Å². The molecule has 1 amide bonds. The van der Waals surface area contributed by atoms with Crippen LogP contribution in [0.15, 0.2) is 55.1 Å². The Balaban J connectivity index is 1.58. The molecule has 7 nitrogen and oxygen atoms in total. The minimum absolute atomic E-state index is 0.0232. The molecule has 162 valence electrons. The van der Waals surface area contributed by atoms with E-state index in [1.807, 2.05) is 32.0 Å². The first kappa shape index (κ1) is 21.3. The van der Waals surface area contributed by atoms with Gasteiger partial charge in [-0.1, -0.05) is 13.0 Å². The minimum Gasteiger partial charge on any atom is -0.369 e. The van der Waals surface area contributed by atoms with E-state index in [0.717, 1.165) is 22.5 Å². The van der Waals surface area contributed by atoms with Crippen LogP contribution in [0.3, 0.4) is 0 Å². The molecule has 8 heteroatoms. The van der Waals surface area contributed by atoms with Crippen molar-refractivity contribution in [2.75, 3.05) is 18.9 Å². The van der Waals surface area contributed by atoms with Gasteiger partial charge < -0.3 is 10.6 Å². The van der Waals surface area contributed by atoms with Crippen LogP contribution in [0.2, 0.25) is 0 Å². The molecule has 0 aliphatic carbocycles. The number of carbonyl (C=O) groups excluding carboxylic acids is 1. The summed E-state index contributed by atoms with van der Waals surface area (Å²) in [6.07, 6.45) is 4.82. The van der Waals surface area contributed by atoms with E-state index in [1.165, 1.54) is 31.7 Å². The van der Waals surface area contributed by atoms with Crippen LogP contribution in [0, 0.1) is 12.7 Å². The number of halogens is 1. The van der Waals surface area contributed by atoms with E-state index in [4.69, 9.17) is 0 Å². The fourth-order valence-electron chi connectivity index (χ4n) is 3.57. The number of rotatable bonds is 6. The van der Waals surface area contributed by atoms with E-state index in [9.17, 15) is 9.18 Å². The molecule has 32 heavy (non-hydrogen) atoms. The molecule has 4 aromatic rings. The number of pyridine rings is 2. The Bertz CT molecular complexity index is 1280. The van der Waals surface area contributed by atoms with Crippen molar-refractivity contribution in [3.05, 3.63) is 77.8 Å². The van der Waals surface area contributed by atoms with E-state index >= 15 is 0 Å². The number of hydrogen-bond donors (Lipinski definition) is 2. The number of anilines is 1. The van der Waals surface area contributed by atoms with Crippen LogP contribution in [0.1, 0.15) is 34.5 Å². The van der Waals surface area contributed by atoms with Crippen LogP contribution in [0.5, 0.6) is 0 Å². The van der Waals surface area contributed by atoms with Gasteiger partial charge in [0.15, 0.2) is 0 Å². The van der Waals surface area contributed by atoms with Crippen molar-refractivity contribution in [3.8, 4) is 11.3 Å². The Morgan fingerprint density at radius 3 is 2.69 bits per heavy atom. The molecule has 0 aliphatic rings. The SMILES string of the molecule is CNC(=O)c1ccnc2c([C@H](C)CNc3cc(-c4ccc(C)nc4)ncn3)ccc(F)c12. The summed E-state index contributed by atoms with van der Waals surface area (Å²) in [6, 6.07) is 10.4. The van der Waals surface area contributed by atoms with E-state index < -0.39 is 5.82 Å². The Hall–Kier alpha value is -3.94. The summed E-state index contributed by atoms with van der Waals surface area (Å²) in [4.78, 5) is 29.5. The maximum atomic E-state index is 14.6. The zero-order chi connectivity index (χ0) is 22.7. The third-order valence-corrected chi connectivity index (χ3v) is 5.34. The number of benzene rings is 1. The lowest BCUT2D eigenvalue weighted by molar-refractivity contribution is 0.0964. The zero-order valence-electron chi connectivity index (χ0n) is 18.1. The van der Waals surface area contributed by atoms with Crippen LogP contribution in [-0.4, -0.2) is 39.4 Å². The summed E-state index contributed by atoms with van der Waals surface area (Å²) in [5.74, 6) is -0.168. The molecule has 1 atom stereocenters. The van der Waals surface area contributed by atoms with Gasteiger partial charge in [-0.05, 0) is 36.8 Å². The minimum atomic E-state index is -0.470. The van der Waals surface area contributed by atoms with Gasteiger partial charge in [0.25, 0.3) is 5.91 Å². The molecule has 0 aliphatic heterocycles. The molecule has 0 fully saturated rings. The molecule has 2 N–H and O–H groups in total. The van der Waals surface area contributed by atoms with Crippen molar-refractivity contribution in [2.24, 2.45) is 0 Å². The van der Waals surface area contributed by atoms with Gasteiger partial charge in [0.1, 0.15) is 18.0 Å². The molecular formula is C24H23FN6O. The summed E-state index contributed by atoms with van der Waals surface area (Å²) >= 11 is 0. The number of aryl methyl sites for hydroxylation is 1. The van der Waals surface area contributed by atoms with Gasteiger partial charge in [-0.3, -0.25) is 14.8 Å². The second-order valence-corrected chi connectivity index (χ2v) is 7.56. The first-order valence-corrected chi connectivity index (χ1v) is 10.3. The van der Waals surface area contributed by atoms with E-state index in [2.05, 4.69) is 30.6 Å². The molecule has 0 spiro atoms. The first-order chi connectivity index (χ1) is 15.5. The average molecular weight is 430 g/mol. The van der Waals surface area contributed by atoms with Gasteiger partial charge in [-0.2, -0.15) is 0 Å². The molecule has 0 radical (unpaired) electrons. The standard InChI is InChI=1S/C24H23FN6O/c1-14(11-29-21-10-20(30-13-31-21)16-5-4-15(2)28-12-16)17-6-7-19(25)22-18(24(32)26-3)8-9-27-23(17)22/h4-10,12-14H,11H2,1-3H3,(H,26,32)(H,29,30,31)/t14-/m1/s1. The quantitative estimate of drug-likeness (QED) is 0.478. The maximum absolute atomic E-state index is 14.6. The number of fused-ring (bicyclic) bond motifs is 1. The summed E-state index contributed by atoms with van der Waals surface area (Å²) in [7, 11) is 1.52. The molecule has 0 unspecified atom stereocenters. The smallest absolute Gasteiger partial charge is 0.251 e. The predicted octanol–water partition coefficient (Wildman–Crippen LogP) is 4.11. The molecule has 0 bridgehead atoms. The summed E-state index contributed by atoms with van der Waals surface area (Å²) in [6.45, 7) is 4.49. The highest BCUT2D eigenvalue weighted by molar-refractivity contribution is 6.06. The van der Waals surface area contributed by atoms with Crippen LogP contribution < -0.4 is 10.6 Å². The lowest BCUT2D eigenvalue weighted by Crippen LogP contribution is -2.19. The first-order valence-electron chi connectivity index (χ1n) is 10.3. The van der Waals surface area contributed by atoms with Crippen molar-refractivity contribution in [2.45, 2.75) is 19.8 Å². The predicted molar refractivity (Wildman–Crippen MR) is 122 cm³/mol.